The van der Waals surface area contributed by atoms with E-state index in [9.17, 15) is 4.79 Å². The lowest BCUT2D eigenvalue weighted by molar-refractivity contribution is -0.136. The van der Waals surface area contributed by atoms with Gasteiger partial charge in [0.2, 0.25) is 0 Å². The number of halogens is 2. The Morgan fingerprint density at radius 2 is 2.29 bits per heavy atom. The van der Waals surface area contributed by atoms with Gasteiger partial charge in [-0.25, -0.2) is 0 Å². The second kappa shape index (κ2) is 5.63. The van der Waals surface area contributed by atoms with Gasteiger partial charge in [-0.05, 0) is 18.2 Å². The van der Waals surface area contributed by atoms with E-state index in [-0.39, 0.29) is 6.42 Å². The lowest BCUT2D eigenvalue weighted by Gasteiger charge is -2.02. The molecule has 0 aliphatic heterocycles. The first-order valence-electron chi connectivity index (χ1n) is 3.89. The summed E-state index contributed by atoms with van der Waals surface area (Å²) in [6.45, 7) is 0. The van der Waals surface area contributed by atoms with Crippen LogP contribution in [-0.2, 0) is 4.79 Å². The Labute approximate surface area is 99.8 Å². The van der Waals surface area contributed by atoms with Crippen molar-refractivity contribution in [3.05, 3.63) is 27.7 Å². The lowest BCUT2D eigenvalue weighted by atomic mass is 10.4. The van der Waals surface area contributed by atoms with E-state index in [1.54, 1.807) is 6.07 Å². The minimum absolute atomic E-state index is 0.146. The summed E-state index contributed by atoms with van der Waals surface area (Å²) in [5, 5.41) is 9.12. The van der Waals surface area contributed by atoms with Crippen molar-refractivity contribution >= 4 is 45.3 Å². The molecule has 2 nitrogen and oxygen atoms in total. The Morgan fingerprint density at radius 3 is 2.93 bits per heavy atom. The summed E-state index contributed by atoms with van der Waals surface area (Å²) in [7, 11) is 0. The maximum atomic E-state index is 10.3. The summed E-state index contributed by atoms with van der Waals surface area (Å²) >= 11 is 10.7. The zero-order chi connectivity index (χ0) is 10.6. The molecule has 0 atom stereocenters. The predicted molar refractivity (Wildman–Crippen MR) is 62.1 cm³/mol. The molecule has 0 saturated carbocycles. The summed E-state index contributed by atoms with van der Waals surface area (Å²) in [6, 6.07) is 5.52. The molecule has 0 aromatic heterocycles. The maximum Gasteiger partial charge on any atom is 0.304 e. The van der Waals surface area contributed by atoms with Gasteiger partial charge in [0.05, 0.1) is 11.4 Å². The molecule has 0 amide bonds. The summed E-state index contributed by atoms with van der Waals surface area (Å²) in [4.78, 5) is 11.2. The second-order valence-electron chi connectivity index (χ2n) is 2.57. The van der Waals surface area contributed by atoms with Gasteiger partial charge in [-0.2, -0.15) is 0 Å². The van der Waals surface area contributed by atoms with E-state index < -0.39 is 5.97 Å². The summed E-state index contributed by atoms with van der Waals surface area (Å²) in [5.41, 5.74) is 0. The van der Waals surface area contributed by atoms with Crippen LogP contribution in [0.15, 0.2) is 27.6 Å². The molecule has 76 valence electrons. The maximum absolute atomic E-state index is 10.3. The Bertz CT molecular complexity index is 344. The van der Waals surface area contributed by atoms with Gasteiger partial charge in [0.25, 0.3) is 0 Å². The van der Waals surface area contributed by atoms with Gasteiger partial charge >= 0.3 is 5.97 Å². The van der Waals surface area contributed by atoms with Crippen LogP contribution in [0.3, 0.4) is 0 Å². The third kappa shape index (κ3) is 3.90. The average molecular weight is 296 g/mol. The normalized spacial score (nSPS) is 10.1. The van der Waals surface area contributed by atoms with Gasteiger partial charge in [0, 0.05) is 15.1 Å². The number of carboxylic acids is 1. The first-order valence-corrected chi connectivity index (χ1v) is 6.05. The highest BCUT2D eigenvalue weighted by Gasteiger charge is 2.03. The number of hydrogen-bond donors (Lipinski definition) is 1. The van der Waals surface area contributed by atoms with E-state index in [2.05, 4.69) is 15.9 Å². The number of carbonyl (C=O) groups is 1. The zero-order valence-electron chi connectivity index (χ0n) is 7.17. The molecular weight excluding hydrogens is 288 g/mol. The first-order chi connectivity index (χ1) is 6.59. The predicted octanol–water partition coefficient (Wildman–Crippen LogP) is 3.67. The summed E-state index contributed by atoms with van der Waals surface area (Å²) in [6.07, 6.45) is 0.146. The Balaban J connectivity index is 2.57. The van der Waals surface area contributed by atoms with Gasteiger partial charge in [0.1, 0.15) is 0 Å². The van der Waals surface area contributed by atoms with Crippen molar-refractivity contribution in [2.24, 2.45) is 0 Å². The van der Waals surface area contributed by atoms with Gasteiger partial charge in [-0.3, -0.25) is 4.79 Å². The molecule has 0 radical (unpaired) electrons. The third-order valence-electron chi connectivity index (χ3n) is 1.47. The van der Waals surface area contributed by atoms with E-state index in [1.807, 2.05) is 12.1 Å². The highest BCUT2D eigenvalue weighted by molar-refractivity contribution is 9.10. The number of rotatable bonds is 4. The van der Waals surface area contributed by atoms with Crippen molar-refractivity contribution in [2.75, 3.05) is 5.75 Å². The van der Waals surface area contributed by atoms with Crippen LogP contribution in [0.1, 0.15) is 6.42 Å². The van der Waals surface area contributed by atoms with Crippen LogP contribution >= 0.6 is 39.3 Å². The summed E-state index contributed by atoms with van der Waals surface area (Å²) in [5.74, 6) is -0.255. The number of aliphatic carboxylic acids is 1. The second-order valence-corrected chi connectivity index (χ2v) is 5.03. The molecule has 1 rings (SSSR count). The standard InChI is InChI=1S/C9H8BrClO2S/c10-6-1-2-7(11)8(5-6)14-4-3-9(12)13/h1-2,5H,3-4H2,(H,12,13). The van der Waals surface area contributed by atoms with E-state index in [0.29, 0.717) is 10.8 Å². The Kier molecular flexibility index (Phi) is 4.78. The highest BCUT2D eigenvalue weighted by Crippen LogP contribution is 2.30. The minimum Gasteiger partial charge on any atom is -0.481 e. The molecule has 0 saturated heterocycles. The smallest absolute Gasteiger partial charge is 0.304 e. The Morgan fingerprint density at radius 1 is 1.57 bits per heavy atom. The molecule has 0 aliphatic carbocycles. The largest absolute Gasteiger partial charge is 0.481 e. The van der Waals surface area contributed by atoms with Gasteiger partial charge in [-0.15, -0.1) is 11.8 Å². The molecule has 0 aliphatic rings. The fourth-order valence-corrected chi connectivity index (χ4v) is 2.54. The molecule has 1 aromatic carbocycles. The van der Waals surface area contributed by atoms with Crippen LogP contribution < -0.4 is 0 Å². The van der Waals surface area contributed by atoms with Crippen LogP contribution in [0.2, 0.25) is 5.02 Å². The molecule has 1 N–H and O–H groups in total. The van der Waals surface area contributed by atoms with Crippen molar-refractivity contribution in [1.29, 1.82) is 0 Å². The molecule has 0 spiro atoms. The van der Waals surface area contributed by atoms with Crippen LogP contribution in [0, 0.1) is 0 Å². The molecule has 0 heterocycles. The molecule has 0 fully saturated rings. The third-order valence-corrected chi connectivity index (χ3v) is 3.46. The van der Waals surface area contributed by atoms with Gasteiger partial charge in [-0.1, -0.05) is 27.5 Å². The van der Waals surface area contributed by atoms with Gasteiger partial charge in [0.15, 0.2) is 0 Å². The highest BCUT2D eigenvalue weighted by atomic mass is 79.9. The Hall–Kier alpha value is -0.190. The number of benzene rings is 1. The van der Waals surface area contributed by atoms with Crippen LogP contribution in [0.25, 0.3) is 0 Å². The fraction of sp³-hybridized carbons (Fsp3) is 0.222. The first kappa shape index (κ1) is 11.9. The zero-order valence-corrected chi connectivity index (χ0v) is 10.3. The molecule has 0 bridgehead atoms. The van der Waals surface area contributed by atoms with Crippen molar-refractivity contribution < 1.29 is 9.90 Å². The van der Waals surface area contributed by atoms with Crippen molar-refractivity contribution in [3.63, 3.8) is 0 Å². The number of thioether (sulfide) groups is 1. The quantitative estimate of drug-likeness (QED) is 0.861. The van der Waals surface area contributed by atoms with Crippen LogP contribution in [-0.4, -0.2) is 16.8 Å². The van der Waals surface area contributed by atoms with E-state index in [0.717, 1.165) is 9.37 Å². The van der Waals surface area contributed by atoms with E-state index >= 15 is 0 Å². The van der Waals surface area contributed by atoms with Crippen molar-refractivity contribution in [1.82, 2.24) is 0 Å². The topological polar surface area (TPSA) is 37.3 Å². The van der Waals surface area contributed by atoms with Crippen molar-refractivity contribution in [2.45, 2.75) is 11.3 Å². The number of carboxylic acid groups (broad SMARTS) is 1. The average Bonchev–Trinajstić information content (AvgIpc) is 2.10. The molecular formula is C9H8BrClO2S. The molecule has 14 heavy (non-hydrogen) atoms. The SMILES string of the molecule is O=C(O)CCSc1cc(Br)ccc1Cl. The summed E-state index contributed by atoms with van der Waals surface area (Å²) < 4.78 is 0.944. The van der Waals surface area contributed by atoms with E-state index in [1.165, 1.54) is 11.8 Å². The number of hydrogen-bond acceptors (Lipinski definition) is 2. The lowest BCUT2D eigenvalue weighted by Crippen LogP contribution is -1.95. The molecule has 0 unspecified atom stereocenters. The van der Waals surface area contributed by atoms with Crippen LogP contribution in [0.5, 0.6) is 0 Å². The van der Waals surface area contributed by atoms with E-state index in [4.69, 9.17) is 16.7 Å². The van der Waals surface area contributed by atoms with Crippen molar-refractivity contribution in [3.8, 4) is 0 Å². The monoisotopic (exact) mass is 294 g/mol. The van der Waals surface area contributed by atoms with Crippen LogP contribution in [0.4, 0.5) is 0 Å². The molecule has 1 aromatic rings. The van der Waals surface area contributed by atoms with Gasteiger partial charge < -0.3 is 5.11 Å². The minimum atomic E-state index is -0.788. The fourth-order valence-electron chi connectivity index (χ4n) is 0.836. The molecule has 5 heteroatoms.